The van der Waals surface area contributed by atoms with Gasteiger partial charge >= 0.3 is 0 Å². The monoisotopic (exact) mass is 453 g/mol. The first kappa shape index (κ1) is 25.2. The molecule has 0 saturated heterocycles. The van der Waals surface area contributed by atoms with E-state index in [1.165, 1.54) is 0 Å². The van der Waals surface area contributed by atoms with Gasteiger partial charge in [0.2, 0.25) is 5.91 Å². The van der Waals surface area contributed by atoms with Gasteiger partial charge in [-0.2, -0.15) is 0 Å². The van der Waals surface area contributed by atoms with Crippen molar-refractivity contribution >= 4 is 29.1 Å². The fraction of sp³-hybridized carbons (Fsp3) is 0.588. The fourth-order valence-electron chi connectivity index (χ4n) is 2.00. The van der Waals surface area contributed by atoms with Crippen LogP contribution in [0.1, 0.15) is 13.8 Å². The lowest BCUT2D eigenvalue weighted by Gasteiger charge is -2.28. The average Bonchev–Trinajstić information content (AvgIpc) is 2.65. The van der Waals surface area contributed by atoms with E-state index in [2.05, 4.69) is 15.5 Å². The summed E-state index contributed by atoms with van der Waals surface area (Å²) in [5.74, 6) is 0.00816. The molecular formula is C17H25Cl2N3O7. The van der Waals surface area contributed by atoms with Crippen LogP contribution in [0, 0.1) is 10.1 Å². The number of β-amino-alcohol motifs (C(OH)–C–C–N with tert-alkyl or cyclic N) is 1. The Morgan fingerprint density at radius 1 is 1.34 bits per heavy atom. The topological polar surface area (TPSA) is 132 Å². The van der Waals surface area contributed by atoms with Crippen LogP contribution in [0.2, 0.25) is 10.0 Å². The van der Waals surface area contributed by atoms with Gasteiger partial charge in [0.1, 0.15) is 31.7 Å². The lowest BCUT2D eigenvalue weighted by Crippen LogP contribution is -2.52. The van der Waals surface area contributed by atoms with Crippen LogP contribution in [0.25, 0.3) is 0 Å². The van der Waals surface area contributed by atoms with Crippen molar-refractivity contribution in [3.8, 4) is 5.75 Å². The van der Waals surface area contributed by atoms with E-state index in [-0.39, 0.29) is 45.4 Å². The maximum atomic E-state index is 11.7. The molecule has 3 N–H and O–H groups in total. The number of halogens is 2. The van der Waals surface area contributed by atoms with Gasteiger partial charge in [-0.3, -0.25) is 4.79 Å². The van der Waals surface area contributed by atoms with E-state index >= 15 is 0 Å². The second-order valence-corrected chi connectivity index (χ2v) is 7.53. The normalized spacial score (nSPS) is 12.3. The zero-order valence-corrected chi connectivity index (χ0v) is 17.7. The van der Waals surface area contributed by atoms with Gasteiger partial charge < -0.3 is 30.1 Å². The Kier molecular flexibility index (Phi) is 11.0. The number of ether oxygens (including phenoxy) is 2. The molecule has 0 radical (unpaired) electrons. The first-order chi connectivity index (χ1) is 13.6. The molecule has 1 rings (SSSR count). The van der Waals surface area contributed by atoms with Crippen LogP contribution in [0.15, 0.2) is 18.2 Å². The summed E-state index contributed by atoms with van der Waals surface area (Å²) in [6.45, 7) is 3.64. The predicted molar refractivity (Wildman–Crippen MR) is 107 cm³/mol. The minimum absolute atomic E-state index is 0.00949. The minimum atomic E-state index is -0.930. The second-order valence-electron chi connectivity index (χ2n) is 6.69. The van der Waals surface area contributed by atoms with E-state index in [0.717, 1.165) is 0 Å². The largest absolute Gasteiger partial charge is 0.489 e. The standard InChI is InChI=1S/C17H25Cl2N3O7/c1-17(2,11-20-16(24)10-27-5-6-29-22(25)26)21-8-13(23)9-28-15-7-12(18)3-4-14(15)19/h3-4,7,13,21,23H,5-6,8-11H2,1-2H3,(H,20,24). The molecule has 0 spiro atoms. The second kappa shape index (κ2) is 12.7. The lowest BCUT2D eigenvalue weighted by molar-refractivity contribution is -0.758. The van der Waals surface area contributed by atoms with Crippen LogP contribution in [-0.4, -0.2) is 67.3 Å². The zero-order valence-electron chi connectivity index (χ0n) is 16.2. The van der Waals surface area contributed by atoms with Crippen molar-refractivity contribution in [3.05, 3.63) is 38.4 Å². The molecule has 1 aromatic rings. The number of hydrogen-bond donors (Lipinski definition) is 3. The summed E-state index contributed by atoms with van der Waals surface area (Å²) in [6, 6.07) is 4.81. The van der Waals surface area contributed by atoms with Gasteiger partial charge in [-0.05, 0) is 26.0 Å². The van der Waals surface area contributed by atoms with E-state index in [1.807, 2.05) is 13.8 Å². The molecule has 0 bridgehead atoms. The van der Waals surface area contributed by atoms with Gasteiger partial charge in [0, 0.05) is 29.7 Å². The molecule has 0 heterocycles. The third-order valence-corrected chi connectivity index (χ3v) is 4.07. The van der Waals surface area contributed by atoms with Crippen molar-refractivity contribution in [1.82, 2.24) is 10.6 Å². The van der Waals surface area contributed by atoms with Crippen molar-refractivity contribution in [1.29, 1.82) is 0 Å². The highest BCUT2D eigenvalue weighted by Crippen LogP contribution is 2.27. The van der Waals surface area contributed by atoms with E-state index in [4.69, 9.17) is 32.7 Å². The highest BCUT2D eigenvalue weighted by Gasteiger charge is 2.20. The molecule has 1 unspecified atom stereocenters. The lowest BCUT2D eigenvalue weighted by atomic mass is 10.1. The van der Waals surface area contributed by atoms with Crippen LogP contribution in [-0.2, 0) is 14.4 Å². The van der Waals surface area contributed by atoms with E-state index in [0.29, 0.717) is 15.8 Å². The minimum Gasteiger partial charge on any atom is -0.489 e. The zero-order chi connectivity index (χ0) is 21.9. The van der Waals surface area contributed by atoms with Gasteiger partial charge in [-0.15, -0.1) is 10.1 Å². The number of carbonyl (C=O) groups is 1. The highest BCUT2D eigenvalue weighted by molar-refractivity contribution is 6.34. The Hall–Kier alpha value is -1.85. The molecule has 0 fully saturated rings. The Balaban J connectivity index is 2.23. The van der Waals surface area contributed by atoms with Crippen molar-refractivity contribution in [2.75, 3.05) is 39.5 Å². The SMILES string of the molecule is CC(C)(CNC(=O)COCCO[N+](=O)[O-])NCC(O)COc1cc(Cl)ccc1Cl. The van der Waals surface area contributed by atoms with Gasteiger partial charge in [-0.1, -0.05) is 23.2 Å². The number of aliphatic hydroxyl groups excluding tert-OH is 1. The summed E-state index contributed by atoms with van der Waals surface area (Å²) >= 11 is 11.9. The molecule has 10 nitrogen and oxygen atoms in total. The van der Waals surface area contributed by atoms with Gasteiger partial charge in [0.15, 0.2) is 0 Å². The summed E-state index contributed by atoms with van der Waals surface area (Å²) in [5.41, 5.74) is -0.515. The first-order valence-electron chi connectivity index (χ1n) is 8.72. The van der Waals surface area contributed by atoms with Gasteiger partial charge in [-0.25, -0.2) is 0 Å². The summed E-state index contributed by atoms with van der Waals surface area (Å²) in [4.78, 5) is 25.7. The summed E-state index contributed by atoms with van der Waals surface area (Å²) in [5, 5.41) is 25.8. The molecule has 0 aliphatic rings. The number of hydrogen-bond acceptors (Lipinski definition) is 8. The molecule has 0 aromatic heterocycles. The summed E-state index contributed by atoms with van der Waals surface area (Å²) in [6.07, 6.45) is -0.815. The third kappa shape index (κ3) is 11.7. The van der Waals surface area contributed by atoms with Crippen molar-refractivity contribution in [2.24, 2.45) is 0 Å². The average molecular weight is 454 g/mol. The number of benzene rings is 1. The molecule has 29 heavy (non-hydrogen) atoms. The molecule has 0 aliphatic heterocycles. The van der Waals surface area contributed by atoms with Crippen molar-refractivity contribution in [2.45, 2.75) is 25.5 Å². The number of aliphatic hydroxyl groups is 1. The van der Waals surface area contributed by atoms with Crippen LogP contribution >= 0.6 is 23.2 Å². The van der Waals surface area contributed by atoms with E-state index in [1.54, 1.807) is 18.2 Å². The molecule has 1 amide bonds. The maximum Gasteiger partial charge on any atom is 0.294 e. The van der Waals surface area contributed by atoms with Crippen LogP contribution in [0.4, 0.5) is 0 Å². The number of amides is 1. The molecule has 0 aliphatic carbocycles. The highest BCUT2D eigenvalue weighted by atomic mass is 35.5. The Morgan fingerprint density at radius 2 is 2.07 bits per heavy atom. The third-order valence-electron chi connectivity index (χ3n) is 3.53. The van der Waals surface area contributed by atoms with Crippen LogP contribution in [0.5, 0.6) is 5.75 Å². The van der Waals surface area contributed by atoms with Gasteiger partial charge in [0.25, 0.3) is 5.09 Å². The molecule has 12 heteroatoms. The molecular weight excluding hydrogens is 429 g/mol. The smallest absolute Gasteiger partial charge is 0.294 e. The molecule has 0 saturated carbocycles. The number of rotatable bonds is 14. The molecule has 164 valence electrons. The molecule has 1 aromatic carbocycles. The molecule has 1 atom stereocenters. The number of nitrogens with one attached hydrogen (secondary N) is 2. The number of carbonyl (C=O) groups excluding carboxylic acids is 1. The fourth-order valence-corrected chi connectivity index (χ4v) is 2.33. The first-order valence-corrected chi connectivity index (χ1v) is 9.47. The van der Waals surface area contributed by atoms with E-state index in [9.17, 15) is 20.0 Å². The van der Waals surface area contributed by atoms with E-state index < -0.39 is 16.7 Å². The van der Waals surface area contributed by atoms with Crippen molar-refractivity contribution < 1.29 is 29.3 Å². The summed E-state index contributed by atoms with van der Waals surface area (Å²) < 4.78 is 10.4. The Bertz CT molecular complexity index is 676. The van der Waals surface area contributed by atoms with Crippen molar-refractivity contribution in [3.63, 3.8) is 0 Å². The van der Waals surface area contributed by atoms with Gasteiger partial charge in [0.05, 0.1) is 11.6 Å². The summed E-state index contributed by atoms with van der Waals surface area (Å²) in [7, 11) is 0. The van der Waals surface area contributed by atoms with Crippen LogP contribution in [0.3, 0.4) is 0 Å². The number of nitrogens with zero attached hydrogens (tertiary/aromatic N) is 1. The quantitative estimate of drug-likeness (QED) is 0.219. The van der Waals surface area contributed by atoms with Crippen LogP contribution < -0.4 is 15.4 Å². The predicted octanol–water partition coefficient (Wildman–Crippen LogP) is 1.44. The maximum absolute atomic E-state index is 11.7. The Labute approximate surface area is 178 Å². The Morgan fingerprint density at radius 3 is 2.76 bits per heavy atom.